The molecule has 0 aromatic heterocycles. The molecule has 1 atom stereocenters. The van der Waals surface area contributed by atoms with Crippen LogP contribution in [0.5, 0.6) is 0 Å². The van der Waals surface area contributed by atoms with Crippen LogP contribution in [0.3, 0.4) is 0 Å². The second-order valence-electron chi connectivity index (χ2n) is 3.28. The van der Waals surface area contributed by atoms with Crippen LogP contribution in [-0.2, 0) is 6.42 Å². The summed E-state index contributed by atoms with van der Waals surface area (Å²) in [5.41, 5.74) is 8.34. The lowest BCUT2D eigenvalue weighted by molar-refractivity contribution is 0.688. The summed E-state index contributed by atoms with van der Waals surface area (Å²) < 4.78 is 0. The molecule has 2 N–H and O–H groups in total. The maximum Gasteiger partial charge on any atom is 0.0444 e. The van der Waals surface area contributed by atoms with Gasteiger partial charge in [-0.3, -0.25) is 0 Å². The molecule has 2 heteroatoms. The van der Waals surface area contributed by atoms with Crippen molar-refractivity contribution in [3.8, 4) is 0 Å². The van der Waals surface area contributed by atoms with E-state index in [4.69, 9.17) is 17.3 Å². The Hall–Kier alpha value is -0.530. The number of benzene rings is 1. The van der Waals surface area contributed by atoms with Crippen molar-refractivity contribution in [3.05, 3.63) is 34.3 Å². The summed E-state index contributed by atoms with van der Waals surface area (Å²) in [4.78, 5) is 0. The molecule has 1 nitrogen and oxygen atoms in total. The summed E-state index contributed by atoms with van der Waals surface area (Å²) in [5, 5.41) is 0.889. The van der Waals surface area contributed by atoms with Crippen LogP contribution in [0, 0.1) is 0 Å². The first-order valence-corrected chi connectivity index (χ1v) is 4.68. The van der Waals surface area contributed by atoms with Gasteiger partial charge in [-0.15, -0.1) is 0 Å². The molecule has 12 heavy (non-hydrogen) atoms. The molecular weight excluding hydrogens is 170 g/mol. The van der Waals surface area contributed by atoms with Crippen molar-refractivity contribution in [2.75, 3.05) is 6.54 Å². The van der Waals surface area contributed by atoms with E-state index in [-0.39, 0.29) is 0 Å². The molecular formula is C10H12ClN. The first-order valence-electron chi connectivity index (χ1n) is 4.30. The lowest BCUT2D eigenvalue weighted by Crippen LogP contribution is -2.09. The van der Waals surface area contributed by atoms with Crippen LogP contribution in [0.15, 0.2) is 18.2 Å². The highest BCUT2D eigenvalue weighted by Gasteiger charge is 2.22. The summed E-state index contributed by atoms with van der Waals surface area (Å²) in [6, 6.07) is 6.12. The minimum Gasteiger partial charge on any atom is -0.330 e. The minimum absolute atomic E-state index is 0.494. The van der Waals surface area contributed by atoms with Crippen LogP contribution in [0.25, 0.3) is 0 Å². The highest BCUT2D eigenvalue weighted by atomic mass is 35.5. The van der Waals surface area contributed by atoms with Gasteiger partial charge < -0.3 is 5.73 Å². The Morgan fingerprint density at radius 1 is 1.50 bits per heavy atom. The van der Waals surface area contributed by atoms with Crippen LogP contribution >= 0.6 is 11.6 Å². The summed E-state index contributed by atoms with van der Waals surface area (Å²) in [5.74, 6) is 0.494. The monoisotopic (exact) mass is 181 g/mol. The summed E-state index contributed by atoms with van der Waals surface area (Å²) >= 11 is 6.09. The van der Waals surface area contributed by atoms with Crippen LogP contribution < -0.4 is 5.73 Å². The average Bonchev–Trinajstić information content (AvgIpc) is 2.49. The van der Waals surface area contributed by atoms with Gasteiger partial charge >= 0.3 is 0 Å². The summed E-state index contributed by atoms with van der Waals surface area (Å²) in [6.07, 6.45) is 2.30. The van der Waals surface area contributed by atoms with Gasteiger partial charge in [0.05, 0.1) is 0 Å². The number of halogens is 1. The maximum absolute atomic E-state index is 6.09. The van der Waals surface area contributed by atoms with E-state index < -0.39 is 0 Å². The Balaban J connectivity index is 2.48. The predicted octanol–water partition coefficient (Wildman–Crippen LogP) is 2.33. The molecule has 0 saturated carbocycles. The lowest BCUT2D eigenvalue weighted by Gasteiger charge is -2.09. The fraction of sp³-hybridized carbons (Fsp3) is 0.400. The molecule has 0 amide bonds. The first-order chi connectivity index (χ1) is 5.83. The van der Waals surface area contributed by atoms with E-state index in [0.29, 0.717) is 5.92 Å². The highest BCUT2D eigenvalue weighted by molar-refractivity contribution is 6.31. The van der Waals surface area contributed by atoms with E-state index in [2.05, 4.69) is 6.07 Å². The van der Waals surface area contributed by atoms with Crippen molar-refractivity contribution in [2.45, 2.75) is 18.8 Å². The molecule has 0 heterocycles. The Kier molecular flexibility index (Phi) is 2.07. The number of nitrogens with two attached hydrogens (primary N) is 1. The zero-order valence-corrected chi connectivity index (χ0v) is 7.64. The molecule has 0 bridgehead atoms. The smallest absolute Gasteiger partial charge is 0.0444 e. The number of hydrogen-bond acceptors (Lipinski definition) is 1. The molecule has 0 saturated heterocycles. The van der Waals surface area contributed by atoms with Gasteiger partial charge in [-0.05, 0) is 42.5 Å². The van der Waals surface area contributed by atoms with Gasteiger partial charge in [-0.1, -0.05) is 23.7 Å². The second-order valence-corrected chi connectivity index (χ2v) is 3.69. The Bertz CT molecular complexity index is 296. The van der Waals surface area contributed by atoms with Crippen LogP contribution in [-0.4, -0.2) is 6.54 Å². The molecule has 1 aromatic carbocycles. The fourth-order valence-electron chi connectivity index (χ4n) is 1.97. The number of aryl methyl sites for hydroxylation is 1. The SMILES string of the molecule is NCC1CCc2cccc(Cl)c21. The molecule has 1 unspecified atom stereocenters. The van der Waals surface area contributed by atoms with Gasteiger partial charge in [-0.25, -0.2) is 0 Å². The standard InChI is InChI=1S/C10H12ClN/c11-9-3-1-2-7-4-5-8(6-12)10(7)9/h1-3,8H,4-6,12H2. The van der Waals surface area contributed by atoms with Gasteiger partial charge in [0.2, 0.25) is 0 Å². The zero-order valence-electron chi connectivity index (χ0n) is 6.89. The normalized spacial score (nSPS) is 21.0. The van der Waals surface area contributed by atoms with Gasteiger partial charge in [0, 0.05) is 5.02 Å². The Morgan fingerprint density at radius 2 is 2.33 bits per heavy atom. The summed E-state index contributed by atoms with van der Waals surface area (Å²) in [6.45, 7) is 0.719. The Morgan fingerprint density at radius 3 is 3.08 bits per heavy atom. The molecule has 0 fully saturated rings. The van der Waals surface area contributed by atoms with E-state index in [1.54, 1.807) is 0 Å². The van der Waals surface area contributed by atoms with Crippen molar-refractivity contribution in [1.82, 2.24) is 0 Å². The van der Waals surface area contributed by atoms with Gasteiger partial charge in [0.25, 0.3) is 0 Å². The van der Waals surface area contributed by atoms with Crippen molar-refractivity contribution < 1.29 is 0 Å². The predicted molar refractivity (Wildman–Crippen MR) is 51.6 cm³/mol. The number of fused-ring (bicyclic) bond motifs is 1. The van der Waals surface area contributed by atoms with Crippen molar-refractivity contribution in [3.63, 3.8) is 0 Å². The molecule has 64 valence electrons. The van der Waals surface area contributed by atoms with Gasteiger partial charge in [0.1, 0.15) is 0 Å². The third-order valence-corrected chi connectivity index (χ3v) is 2.93. The quantitative estimate of drug-likeness (QED) is 0.707. The van der Waals surface area contributed by atoms with Crippen LogP contribution in [0.2, 0.25) is 5.02 Å². The average molecular weight is 182 g/mol. The first kappa shape index (κ1) is 8.09. The van der Waals surface area contributed by atoms with Crippen molar-refractivity contribution in [2.24, 2.45) is 5.73 Å². The molecule has 0 spiro atoms. The van der Waals surface area contributed by atoms with E-state index in [9.17, 15) is 0 Å². The molecule has 1 aliphatic carbocycles. The van der Waals surface area contributed by atoms with Gasteiger partial charge in [-0.2, -0.15) is 0 Å². The van der Waals surface area contributed by atoms with E-state index in [1.165, 1.54) is 11.1 Å². The lowest BCUT2D eigenvalue weighted by atomic mass is 10.0. The molecule has 1 aromatic rings. The largest absolute Gasteiger partial charge is 0.330 e. The van der Waals surface area contributed by atoms with E-state index in [0.717, 1.165) is 24.4 Å². The Labute approximate surface area is 77.5 Å². The van der Waals surface area contributed by atoms with Crippen LogP contribution in [0.4, 0.5) is 0 Å². The third-order valence-electron chi connectivity index (χ3n) is 2.60. The van der Waals surface area contributed by atoms with Gasteiger partial charge in [0.15, 0.2) is 0 Å². The minimum atomic E-state index is 0.494. The number of rotatable bonds is 1. The number of hydrogen-bond donors (Lipinski definition) is 1. The maximum atomic E-state index is 6.09. The second kappa shape index (κ2) is 3.08. The van der Waals surface area contributed by atoms with E-state index >= 15 is 0 Å². The molecule has 0 radical (unpaired) electrons. The zero-order chi connectivity index (χ0) is 8.55. The molecule has 1 aliphatic rings. The fourth-order valence-corrected chi connectivity index (χ4v) is 2.32. The molecule has 2 rings (SSSR count). The summed E-state index contributed by atoms with van der Waals surface area (Å²) in [7, 11) is 0. The highest BCUT2D eigenvalue weighted by Crippen LogP contribution is 2.36. The third kappa shape index (κ3) is 1.13. The van der Waals surface area contributed by atoms with Crippen molar-refractivity contribution in [1.29, 1.82) is 0 Å². The van der Waals surface area contributed by atoms with Crippen molar-refractivity contribution >= 4 is 11.6 Å². The molecule has 0 aliphatic heterocycles. The van der Waals surface area contributed by atoms with Crippen LogP contribution in [0.1, 0.15) is 23.5 Å². The topological polar surface area (TPSA) is 26.0 Å². The van der Waals surface area contributed by atoms with E-state index in [1.807, 2.05) is 12.1 Å².